The number of nitrogens with one attached hydrogen (secondary N) is 1. The van der Waals surface area contributed by atoms with Crippen LogP contribution in [-0.4, -0.2) is 5.91 Å². The summed E-state index contributed by atoms with van der Waals surface area (Å²) in [5.41, 5.74) is 8.39. The Morgan fingerprint density at radius 3 is 2.38 bits per heavy atom. The van der Waals surface area contributed by atoms with Gasteiger partial charge in [0.15, 0.2) is 0 Å². The van der Waals surface area contributed by atoms with Crippen molar-refractivity contribution in [2.75, 3.05) is 0 Å². The second-order valence-corrected chi connectivity index (χ2v) is 4.86. The number of benzene rings is 2. The second-order valence-electron chi connectivity index (χ2n) is 4.86. The van der Waals surface area contributed by atoms with E-state index in [1.54, 1.807) is 24.3 Å². The third-order valence-electron chi connectivity index (χ3n) is 3.42. The van der Waals surface area contributed by atoms with E-state index in [-0.39, 0.29) is 18.3 Å². The molecule has 0 saturated heterocycles. The van der Waals surface area contributed by atoms with Crippen molar-refractivity contribution in [3.05, 3.63) is 70.5 Å². The molecule has 0 spiro atoms. The van der Waals surface area contributed by atoms with Gasteiger partial charge >= 0.3 is 0 Å². The Kier molecular flexibility index (Phi) is 5.06. The SMILES string of the molecule is CCc1ccc(C(=O)NCc2ccc(CN)cc2F)cc1. The fourth-order valence-corrected chi connectivity index (χ4v) is 2.03. The van der Waals surface area contributed by atoms with Gasteiger partial charge in [-0.05, 0) is 35.7 Å². The van der Waals surface area contributed by atoms with Crippen LogP contribution in [0.4, 0.5) is 4.39 Å². The summed E-state index contributed by atoms with van der Waals surface area (Å²) >= 11 is 0. The van der Waals surface area contributed by atoms with Gasteiger partial charge in [0.25, 0.3) is 5.91 Å². The molecule has 4 heteroatoms. The molecule has 0 fully saturated rings. The van der Waals surface area contributed by atoms with Gasteiger partial charge in [-0.2, -0.15) is 0 Å². The van der Waals surface area contributed by atoms with Crippen molar-refractivity contribution in [2.45, 2.75) is 26.4 Å². The molecule has 0 atom stereocenters. The number of halogens is 1. The zero-order chi connectivity index (χ0) is 15.2. The first-order chi connectivity index (χ1) is 10.1. The number of nitrogens with two attached hydrogens (primary N) is 1. The standard InChI is InChI=1S/C17H19FN2O/c1-2-12-3-6-14(7-4-12)17(21)20-11-15-8-5-13(10-19)9-16(15)18/h3-9H,2,10-11,19H2,1H3,(H,20,21). The lowest BCUT2D eigenvalue weighted by Crippen LogP contribution is -2.23. The summed E-state index contributed by atoms with van der Waals surface area (Å²) in [6.07, 6.45) is 0.931. The topological polar surface area (TPSA) is 55.1 Å². The number of carbonyl (C=O) groups is 1. The maximum atomic E-state index is 13.8. The fraction of sp³-hybridized carbons (Fsp3) is 0.235. The van der Waals surface area contributed by atoms with E-state index in [2.05, 4.69) is 12.2 Å². The van der Waals surface area contributed by atoms with Gasteiger partial charge in [-0.3, -0.25) is 4.79 Å². The van der Waals surface area contributed by atoms with Crippen molar-refractivity contribution < 1.29 is 9.18 Å². The molecule has 0 radical (unpaired) electrons. The molecule has 0 saturated carbocycles. The first-order valence-electron chi connectivity index (χ1n) is 6.98. The molecule has 0 bridgehead atoms. The summed E-state index contributed by atoms with van der Waals surface area (Å²) in [5, 5.41) is 2.72. The van der Waals surface area contributed by atoms with Gasteiger partial charge in [0.2, 0.25) is 0 Å². The van der Waals surface area contributed by atoms with E-state index in [1.807, 2.05) is 12.1 Å². The quantitative estimate of drug-likeness (QED) is 0.888. The lowest BCUT2D eigenvalue weighted by Gasteiger charge is -2.08. The smallest absolute Gasteiger partial charge is 0.251 e. The highest BCUT2D eigenvalue weighted by Crippen LogP contribution is 2.11. The van der Waals surface area contributed by atoms with Crippen molar-refractivity contribution in [2.24, 2.45) is 5.73 Å². The van der Waals surface area contributed by atoms with Crippen LogP contribution in [0.2, 0.25) is 0 Å². The Labute approximate surface area is 124 Å². The molecule has 2 aromatic rings. The zero-order valence-electron chi connectivity index (χ0n) is 12.0. The van der Waals surface area contributed by atoms with E-state index < -0.39 is 0 Å². The Hall–Kier alpha value is -2.20. The summed E-state index contributed by atoms with van der Waals surface area (Å²) in [6.45, 7) is 2.52. The summed E-state index contributed by atoms with van der Waals surface area (Å²) in [6, 6.07) is 12.2. The summed E-state index contributed by atoms with van der Waals surface area (Å²) in [5.74, 6) is -0.556. The minimum atomic E-state index is -0.348. The van der Waals surface area contributed by atoms with Crippen LogP contribution in [0.1, 0.15) is 34.0 Å². The van der Waals surface area contributed by atoms with Gasteiger partial charge in [-0.1, -0.05) is 31.2 Å². The predicted molar refractivity (Wildman–Crippen MR) is 81.3 cm³/mol. The van der Waals surface area contributed by atoms with Gasteiger partial charge < -0.3 is 11.1 Å². The Morgan fingerprint density at radius 1 is 1.14 bits per heavy atom. The molecule has 3 nitrogen and oxygen atoms in total. The average molecular weight is 286 g/mol. The van der Waals surface area contributed by atoms with Gasteiger partial charge in [-0.25, -0.2) is 4.39 Å². The first-order valence-corrected chi connectivity index (χ1v) is 6.98. The van der Waals surface area contributed by atoms with Crippen LogP contribution in [-0.2, 0) is 19.5 Å². The highest BCUT2D eigenvalue weighted by Gasteiger charge is 2.08. The molecule has 3 N–H and O–H groups in total. The number of hydrogen-bond acceptors (Lipinski definition) is 2. The number of rotatable bonds is 5. The summed E-state index contributed by atoms with van der Waals surface area (Å²) < 4.78 is 13.8. The molecule has 0 aliphatic rings. The van der Waals surface area contributed by atoms with Crippen LogP contribution < -0.4 is 11.1 Å². The van der Waals surface area contributed by atoms with Gasteiger partial charge in [0, 0.05) is 24.2 Å². The van der Waals surface area contributed by atoms with Crippen molar-refractivity contribution in [1.82, 2.24) is 5.32 Å². The molecular formula is C17H19FN2O. The molecule has 0 aliphatic heterocycles. The summed E-state index contributed by atoms with van der Waals surface area (Å²) in [4.78, 5) is 12.0. The molecule has 0 heterocycles. The van der Waals surface area contributed by atoms with E-state index in [4.69, 9.17) is 5.73 Å². The van der Waals surface area contributed by atoms with Gasteiger partial charge in [0.05, 0.1) is 0 Å². The van der Waals surface area contributed by atoms with Crippen LogP contribution in [0, 0.1) is 5.82 Å². The van der Waals surface area contributed by atoms with E-state index in [1.165, 1.54) is 11.6 Å². The number of amides is 1. The van der Waals surface area contributed by atoms with Crippen molar-refractivity contribution in [1.29, 1.82) is 0 Å². The molecule has 0 unspecified atom stereocenters. The molecule has 110 valence electrons. The molecule has 21 heavy (non-hydrogen) atoms. The van der Waals surface area contributed by atoms with Crippen LogP contribution in [0.3, 0.4) is 0 Å². The average Bonchev–Trinajstić information content (AvgIpc) is 2.53. The lowest BCUT2D eigenvalue weighted by molar-refractivity contribution is 0.0950. The second kappa shape index (κ2) is 6.99. The number of carbonyl (C=O) groups excluding carboxylic acids is 1. The van der Waals surface area contributed by atoms with Crippen LogP contribution in [0.5, 0.6) is 0 Å². The number of hydrogen-bond donors (Lipinski definition) is 2. The minimum absolute atomic E-state index is 0.158. The maximum absolute atomic E-state index is 13.8. The van der Waals surface area contributed by atoms with E-state index >= 15 is 0 Å². The van der Waals surface area contributed by atoms with E-state index in [0.29, 0.717) is 17.7 Å². The fourth-order valence-electron chi connectivity index (χ4n) is 2.03. The zero-order valence-corrected chi connectivity index (χ0v) is 12.0. The van der Waals surface area contributed by atoms with Crippen molar-refractivity contribution >= 4 is 5.91 Å². The monoisotopic (exact) mass is 286 g/mol. The minimum Gasteiger partial charge on any atom is -0.348 e. The summed E-state index contributed by atoms with van der Waals surface area (Å²) in [7, 11) is 0. The highest BCUT2D eigenvalue weighted by molar-refractivity contribution is 5.94. The Bertz CT molecular complexity index is 623. The maximum Gasteiger partial charge on any atom is 0.251 e. The van der Waals surface area contributed by atoms with Crippen molar-refractivity contribution in [3.8, 4) is 0 Å². The lowest BCUT2D eigenvalue weighted by atomic mass is 10.1. The molecule has 2 rings (SSSR count). The molecule has 0 aliphatic carbocycles. The van der Waals surface area contributed by atoms with Crippen LogP contribution in [0.25, 0.3) is 0 Å². The van der Waals surface area contributed by atoms with Crippen LogP contribution >= 0.6 is 0 Å². The predicted octanol–water partition coefficient (Wildman–Crippen LogP) is 2.78. The highest BCUT2D eigenvalue weighted by atomic mass is 19.1. The Balaban J connectivity index is 2.00. The Morgan fingerprint density at radius 2 is 1.81 bits per heavy atom. The van der Waals surface area contributed by atoms with Crippen molar-refractivity contribution in [3.63, 3.8) is 0 Å². The molecular weight excluding hydrogens is 267 g/mol. The first kappa shape index (κ1) is 15.2. The van der Waals surface area contributed by atoms with Gasteiger partial charge in [-0.15, -0.1) is 0 Å². The molecule has 1 amide bonds. The normalized spacial score (nSPS) is 10.4. The largest absolute Gasteiger partial charge is 0.348 e. The van der Waals surface area contributed by atoms with E-state index in [0.717, 1.165) is 12.0 Å². The number of aryl methyl sites for hydroxylation is 1. The third kappa shape index (κ3) is 3.89. The third-order valence-corrected chi connectivity index (χ3v) is 3.42. The molecule has 2 aromatic carbocycles. The van der Waals surface area contributed by atoms with E-state index in [9.17, 15) is 9.18 Å². The van der Waals surface area contributed by atoms with Gasteiger partial charge in [0.1, 0.15) is 5.82 Å². The van der Waals surface area contributed by atoms with Crippen LogP contribution in [0.15, 0.2) is 42.5 Å². The molecule has 0 aromatic heterocycles.